The average molecular weight is 300 g/mol. The van der Waals surface area contributed by atoms with E-state index in [1.807, 2.05) is 20.8 Å². The molecule has 0 aliphatic carbocycles. The molecule has 0 aromatic heterocycles. The number of rotatable bonds is 6. The fourth-order valence-electron chi connectivity index (χ4n) is 1.58. The van der Waals surface area contributed by atoms with E-state index in [4.69, 9.17) is 16.3 Å². The molecule has 2 atom stereocenters. The highest BCUT2D eigenvalue weighted by atomic mass is 35.5. The van der Waals surface area contributed by atoms with Gasteiger partial charge in [0.25, 0.3) is 5.91 Å². The lowest BCUT2D eigenvalue weighted by Gasteiger charge is -2.18. The van der Waals surface area contributed by atoms with E-state index in [1.165, 1.54) is 0 Å². The monoisotopic (exact) mass is 299 g/mol. The normalized spacial score (nSPS) is 13.9. The molecule has 2 N–H and O–H groups in total. The van der Waals surface area contributed by atoms with Crippen LogP contribution < -0.4 is 10.1 Å². The van der Waals surface area contributed by atoms with Crippen LogP contribution in [0.2, 0.25) is 5.02 Å². The largest absolute Gasteiger partial charge is 0.483 e. The molecule has 4 nitrogen and oxygen atoms in total. The van der Waals surface area contributed by atoms with E-state index in [0.717, 1.165) is 0 Å². The summed E-state index contributed by atoms with van der Waals surface area (Å²) < 4.78 is 5.47. The second-order valence-corrected chi connectivity index (χ2v) is 5.68. The number of carbonyl (C=O) groups excluding carboxylic acids is 1. The summed E-state index contributed by atoms with van der Waals surface area (Å²) in [4.78, 5) is 11.8. The van der Waals surface area contributed by atoms with Gasteiger partial charge in [-0.05, 0) is 38.0 Å². The van der Waals surface area contributed by atoms with E-state index in [2.05, 4.69) is 5.32 Å². The smallest absolute Gasteiger partial charge is 0.258 e. The first-order chi connectivity index (χ1) is 9.31. The fourth-order valence-corrected chi connectivity index (χ4v) is 1.76. The van der Waals surface area contributed by atoms with Gasteiger partial charge in [-0.3, -0.25) is 4.79 Å². The van der Waals surface area contributed by atoms with Crippen LogP contribution in [0.4, 0.5) is 0 Å². The van der Waals surface area contributed by atoms with E-state index in [0.29, 0.717) is 22.3 Å². The zero-order valence-corrected chi connectivity index (χ0v) is 13.1. The van der Waals surface area contributed by atoms with Gasteiger partial charge < -0.3 is 15.2 Å². The minimum Gasteiger partial charge on any atom is -0.483 e. The van der Waals surface area contributed by atoms with Crippen molar-refractivity contribution in [3.8, 4) is 5.75 Å². The zero-order valence-electron chi connectivity index (χ0n) is 12.3. The van der Waals surface area contributed by atoms with Gasteiger partial charge in [0.05, 0.1) is 6.10 Å². The highest BCUT2D eigenvalue weighted by Gasteiger charge is 2.14. The van der Waals surface area contributed by atoms with Gasteiger partial charge in [-0.15, -0.1) is 0 Å². The number of amides is 1. The van der Waals surface area contributed by atoms with Crippen molar-refractivity contribution in [3.63, 3.8) is 0 Å². The second kappa shape index (κ2) is 7.50. The zero-order chi connectivity index (χ0) is 15.3. The van der Waals surface area contributed by atoms with Gasteiger partial charge in [0.2, 0.25) is 0 Å². The maximum atomic E-state index is 11.8. The van der Waals surface area contributed by atoms with Crippen LogP contribution in [0, 0.1) is 5.92 Å². The number of halogens is 1. The summed E-state index contributed by atoms with van der Waals surface area (Å²) in [7, 11) is 0. The van der Waals surface area contributed by atoms with Gasteiger partial charge in [-0.1, -0.05) is 25.4 Å². The van der Waals surface area contributed by atoms with Crippen molar-refractivity contribution in [2.45, 2.75) is 39.8 Å². The number of benzene rings is 1. The van der Waals surface area contributed by atoms with Crippen LogP contribution in [-0.4, -0.2) is 23.7 Å². The van der Waals surface area contributed by atoms with E-state index >= 15 is 0 Å². The molecular weight excluding hydrogens is 278 g/mol. The molecule has 0 bridgehead atoms. The highest BCUT2D eigenvalue weighted by molar-refractivity contribution is 6.30. The molecule has 1 aromatic rings. The van der Waals surface area contributed by atoms with Crippen LogP contribution in [-0.2, 0) is 4.79 Å². The Kier molecular flexibility index (Phi) is 6.30. The first-order valence-corrected chi connectivity index (χ1v) is 7.08. The third-order valence-electron chi connectivity index (χ3n) is 3.17. The topological polar surface area (TPSA) is 58.6 Å². The number of carbonyl (C=O) groups is 1. The lowest BCUT2D eigenvalue weighted by atomic mass is 10.1. The van der Waals surface area contributed by atoms with Gasteiger partial charge in [-0.25, -0.2) is 0 Å². The van der Waals surface area contributed by atoms with Crippen LogP contribution in [0.3, 0.4) is 0 Å². The first-order valence-electron chi connectivity index (χ1n) is 6.71. The highest BCUT2D eigenvalue weighted by Crippen LogP contribution is 2.28. The summed E-state index contributed by atoms with van der Waals surface area (Å²) in [6.45, 7) is 7.57. The molecule has 0 fully saturated rings. The van der Waals surface area contributed by atoms with E-state index in [-0.39, 0.29) is 18.6 Å². The predicted molar refractivity (Wildman–Crippen MR) is 80.0 cm³/mol. The molecule has 0 saturated heterocycles. The molecule has 1 amide bonds. The predicted octanol–water partition coefficient (Wildman–Crippen LogP) is 2.93. The Bertz CT molecular complexity index is 460. The van der Waals surface area contributed by atoms with Gasteiger partial charge in [0.15, 0.2) is 6.61 Å². The fraction of sp³-hybridized carbons (Fsp3) is 0.533. The Labute approximate surface area is 125 Å². The van der Waals surface area contributed by atoms with Crippen molar-refractivity contribution in [3.05, 3.63) is 28.8 Å². The van der Waals surface area contributed by atoms with Crippen molar-refractivity contribution in [1.29, 1.82) is 0 Å². The minimum absolute atomic E-state index is 0.0849. The Morgan fingerprint density at radius 1 is 1.35 bits per heavy atom. The van der Waals surface area contributed by atoms with Gasteiger partial charge in [0, 0.05) is 16.6 Å². The molecule has 2 unspecified atom stereocenters. The van der Waals surface area contributed by atoms with Crippen molar-refractivity contribution >= 4 is 17.5 Å². The summed E-state index contributed by atoms with van der Waals surface area (Å²) >= 11 is 5.88. The molecule has 0 radical (unpaired) electrons. The molecule has 0 heterocycles. The van der Waals surface area contributed by atoms with Gasteiger partial charge >= 0.3 is 0 Å². The summed E-state index contributed by atoms with van der Waals surface area (Å²) in [6, 6.07) is 5.05. The van der Waals surface area contributed by atoms with Crippen molar-refractivity contribution < 1.29 is 14.6 Å². The maximum absolute atomic E-state index is 11.8. The Balaban J connectivity index is 2.64. The first kappa shape index (κ1) is 16.8. The standard InChI is InChI=1S/C15H22ClNO3/c1-9(2)10(3)17-15(19)8-20-14-6-5-12(16)7-13(14)11(4)18/h5-7,9-11,18H,8H2,1-4H3,(H,17,19). The van der Waals surface area contributed by atoms with Crippen LogP contribution in [0.1, 0.15) is 39.4 Å². The van der Waals surface area contributed by atoms with Gasteiger partial charge in [-0.2, -0.15) is 0 Å². The third-order valence-corrected chi connectivity index (χ3v) is 3.40. The molecule has 0 aliphatic rings. The quantitative estimate of drug-likeness (QED) is 0.849. The van der Waals surface area contributed by atoms with E-state index in [9.17, 15) is 9.90 Å². The van der Waals surface area contributed by atoms with Crippen LogP contribution >= 0.6 is 11.6 Å². The molecule has 0 spiro atoms. The molecule has 0 saturated carbocycles. The molecule has 112 valence electrons. The number of hydrogen-bond acceptors (Lipinski definition) is 3. The van der Waals surface area contributed by atoms with Crippen molar-refractivity contribution in [2.24, 2.45) is 5.92 Å². The van der Waals surface area contributed by atoms with E-state index < -0.39 is 6.10 Å². The molecular formula is C15H22ClNO3. The van der Waals surface area contributed by atoms with Crippen LogP contribution in [0.25, 0.3) is 0 Å². The number of hydrogen-bond donors (Lipinski definition) is 2. The average Bonchev–Trinajstić information content (AvgIpc) is 2.36. The summed E-state index contributed by atoms with van der Waals surface area (Å²) in [5.74, 6) is 0.650. The van der Waals surface area contributed by atoms with Crippen LogP contribution in [0.15, 0.2) is 18.2 Å². The lowest BCUT2D eigenvalue weighted by molar-refractivity contribution is -0.124. The molecule has 0 aliphatic heterocycles. The third kappa shape index (κ3) is 5.02. The summed E-state index contributed by atoms with van der Waals surface area (Å²) in [6.07, 6.45) is -0.707. The Hall–Kier alpha value is -1.26. The Morgan fingerprint density at radius 3 is 2.55 bits per heavy atom. The molecule has 1 aromatic carbocycles. The van der Waals surface area contributed by atoms with E-state index in [1.54, 1.807) is 25.1 Å². The van der Waals surface area contributed by atoms with Crippen molar-refractivity contribution in [1.82, 2.24) is 5.32 Å². The van der Waals surface area contributed by atoms with Gasteiger partial charge in [0.1, 0.15) is 5.75 Å². The Morgan fingerprint density at radius 2 is 2.00 bits per heavy atom. The number of ether oxygens (including phenoxy) is 1. The maximum Gasteiger partial charge on any atom is 0.258 e. The van der Waals surface area contributed by atoms with Crippen LogP contribution in [0.5, 0.6) is 5.75 Å². The number of aliphatic hydroxyl groups excluding tert-OH is 1. The molecule has 20 heavy (non-hydrogen) atoms. The molecule has 1 rings (SSSR count). The summed E-state index contributed by atoms with van der Waals surface area (Å²) in [5.41, 5.74) is 0.571. The summed E-state index contributed by atoms with van der Waals surface area (Å²) in [5, 5.41) is 13.0. The molecule has 5 heteroatoms. The number of nitrogens with one attached hydrogen (secondary N) is 1. The minimum atomic E-state index is -0.707. The van der Waals surface area contributed by atoms with Crippen molar-refractivity contribution in [2.75, 3.05) is 6.61 Å². The number of aliphatic hydroxyl groups is 1. The SMILES string of the molecule is CC(O)c1cc(Cl)ccc1OCC(=O)NC(C)C(C)C. The second-order valence-electron chi connectivity index (χ2n) is 5.25. The lowest BCUT2D eigenvalue weighted by Crippen LogP contribution is -2.39.